The zero-order valence-electron chi connectivity index (χ0n) is 12.8. The summed E-state index contributed by atoms with van der Waals surface area (Å²) in [5.74, 6) is 0.646. The van der Waals surface area contributed by atoms with Crippen LogP contribution >= 0.6 is 15.9 Å². The first-order valence-electron chi connectivity index (χ1n) is 7.89. The fourth-order valence-corrected chi connectivity index (χ4v) is 3.53. The molecule has 0 bridgehead atoms. The van der Waals surface area contributed by atoms with Crippen molar-refractivity contribution in [1.82, 2.24) is 9.88 Å². The number of aromatic nitrogens is 1. The highest BCUT2D eigenvalue weighted by Gasteiger charge is 2.33. The number of hydrogen-bond donors (Lipinski definition) is 0. The molecule has 3 rings (SSSR count). The van der Waals surface area contributed by atoms with Gasteiger partial charge in [0.1, 0.15) is 0 Å². The quantitative estimate of drug-likeness (QED) is 0.820. The van der Waals surface area contributed by atoms with E-state index in [0.717, 1.165) is 38.8 Å². The predicted molar refractivity (Wildman–Crippen MR) is 87.2 cm³/mol. The summed E-state index contributed by atoms with van der Waals surface area (Å²) in [6.07, 6.45) is 6.61. The molecule has 0 radical (unpaired) electrons. The van der Waals surface area contributed by atoms with Gasteiger partial charge in [-0.2, -0.15) is 0 Å². The van der Waals surface area contributed by atoms with Crippen LogP contribution in [0.15, 0.2) is 16.7 Å². The van der Waals surface area contributed by atoms with Crippen molar-refractivity contribution < 1.29 is 9.18 Å². The molecule has 1 aromatic heterocycles. The summed E-state index contributed by atoms with van der Waals surface area (Å²) >= 11 is 3.23. The van der Waals surface area contributed by atoms with Crippen LogP contribution in [0.3, 0.4) is 0 Å². The van der Waals surface area contributed by atoms with Crippen molar-refractivity contribution in [2.75, 3.05) is 25.0 Å². The minimum absolute atomic E-state index is 0.244. The summed E-state index contributed by atoms with van der Waals surface area (Å²) < 4.78 is 14.6. The molecule has 1 saturated carbocycles. The van der Waals surface area contributed by atoms with Crippen LogP contribution in [0, 0.1) is 11.7 Å². The number of hydrogen-bond acceptors (Lipinski definition) is 3. The molecule has 1 aliphatic carbocycles. The van der Waals surface area contributed by atoms with E-state index in [-0.39, 0.29) is 23.7 Å². The van der Waals surface area contributed by atoms with Crippen molar-refractivity contribution in [2.45, 2.75) is 38.1 Å². The number of anilines is 1. The Balaban J connectivity index is 1.58. The number of amides is 1. The first-order valence-corrected chi connectivity index (χ1v) is 8.68. The van der Waals surface area contributed by atoms with Gasteiger partial charge in [0.2, 0.25) is 5.91 Å². The fourth-order valence-electron chi connectivity index (χ4n) is 3.23. The normalized spacial score (nSPS) is 19.9. The molecular weight excluding hydrogens is 349 g/mol. The first-order chi connectivity index (χ1) is 10.6. The summed E-state index contributed by atoms with van der Waals surface area (Å²) in [5.41, 5.74) is 0. The van der Waals surface area contributed by atoms with Crippen molar-refractivity contribution >= 4 is 27.7 Å². The maximum absolute atomic E-state index is 14.0. The molecule has 0 atom stereocenters. The van der Waals surface area contributed by atoms with Gasteiger partial charge in [-0.15, -0.1) is 0 Å². The fraction of sp³-hybridized carbons (Fsp3) is 0.625. The second-order valence-corrected chi connectivity index (χ2v) is 7.17. The Morgan fingerprint density at radius 2 is 2.05 bits per heavy atom. The Bertz CT molecular complexity index is 556. The standard InChI is InChI=1S/C16H21BrFN3O/c1-20(16(22)11-3-2-4-11)13-5-7-21(8-6-13)15-14(18)9-12(17)10-19-15/h9-11,13H,2-8H2,1H3. The van der Waals surface area contributed by atoms with Gasteiger partial charge in [0.25, 0.3) is 0 Å². The second kappa shape index (κ2) is 6.52. The van der Waals surface area contributed by atoms with Crippen molar-refractivity contribution in [2.24, 2.45) is 5.92 Å². The van der Waals surface area contributed by atoms with Crippen LogP contribution in [0.5, 0.6) is 0 Å². The van der Waals surface area contributed by atoms with Crippen molar-refractivity contribution in [3.05, 3.63) is 22.6 Å². The lowest BCUT2D eigenvalue weighted by Crippen LogP contribution is -2.48. The Morgan fingerprint density at radius 1 is 1.36 bits per heavy atom. The van der Waals surface area contributed by atoms with Gasteiger partial charge in [0.15, 0.2) is 11.6 Å². The van der Waals surface area contributed by atoms with Gasteiger partial charge in [-0.05, 0) is 47.7 Å². The van der Waals surface area contributed by atoms with E-state index in [1.807, 2.05) is 16.8 Å². The number of pyridine rings is 1. The second-order valence-electron chi connectivity index (χ2n) is 6.25. The van der Waals surface area contributed by atoms with Gasteiger partial charge >= 0.3 is 0 Å². The minimum Gasteiger partial charge on any atom is -0.354 e. The maximum Gasteiger partial charge on any atom is 0.225 e. The molecule has 4 nitrogen and oxygen atoms in total. The Labute approximate surface area is 138 Å². The topological polar surface area (TPSA) is 36.4 Å². The summed E-state index contributed by atoms with van der Waals surface area (Å²) in [4.78, 5) is 20.4. The number of halogens is 2. The molecule has 120 valence electrons. The highest BCUT2D eigenvalue weighted by molar-refractivity contribution is 9.10. The van der Waals surface area contributed by atoms with Crippen molar-refractivity contribution in [3.63, 3.8) is 0 Å². The van der Waals surface area contributed by atoms with Crippen LogP contribution in [-0.4, -0.2) is 42.0 Å². The number of nitrogens with zero attached hydrogens (tertiary/aromatic N) is 3. The lowest BCUT2D eigenvalue weighted by atomic mass is 9.84. The van der Waals surface area contributed by atoms with E-state index in [0.29, 0.717) is 10.3 Å². The van der Waals surface area contributed by atoms with Gasteiger partial charge in [0, 0.05) is 42.8 Å². The van der Waals surface area contributed by atoms with E-state index in [4.69, 9.17) is 0 Å². The van der Waals surface area contributed by atoms with Crippen LogP contribution in [-0.2, 0) is 4.79 Å². The van der Waals surface area contributed by atoms with E-state index in [1.54, 1.807) is 6.20 Å². The monoisotopic (exact) mass is 369 g/mol. The molecule has 0 N–H and O–H groups in total. The molecule has 0 spiro atoms. The highest BCUT2D eigenvalue weighted by Crippen LogP contribution is 2.30. The predicted octanol–water partition coefficient (Wildman–Crippen LogP) is 3.21. The van der Waals surface area contributed by atoms with E-state index in [2.05, 4.69) is 20.9 Å². The molecule has 0 aromatic carbocycles. The molecule has 1 aromatic rings. The summed E-state index contributed by atoms with van der Waals surface area (Å²) in [5, 5.41) is 0. The molecule has 1 saturated heterocycles. The number of carbonyl (C=O) groups is 1. The van der Waals surface area contributed by atoms with Gasteiger partial charge in [-0.3, -0.25) is 4.79 Å². The molecule has 6 heteroatoms. The SMILES string of the molecule is CN(C(=O)C1CCC1)C1CCN(c2ncc(Br)cc2F)CC1. The molecule has 1 amide bonds. The van der Waals surface area contributed by atoms with Crippen molar-refractivity contribution in [3.8, 4) is 0 Å². The molecular formula is C16H21BrFN3O. The molecule has 1 aliphatic heterocycles. The van der Waals surface area contributed by atoms with Crippen LogP contribution in [0.1, 0.15) is 32.1 Å². The first kappa shape index (κ1) is 15.7. The van der Waals surface area contributed by atoms with E-state index < -0.39 is 0 Å². The highest BCUT2D eigenvalue weighted by atomic mass is 79.9. The summed E-state index contributed by atoms with van der Waals surface area (Å²) in [6.45, 7) is 1.47. The van der Waals surface area contributed by atoms with E-state index in [1.165, 1.54) is 12.5 Å². The lowest BCUT2D eigenvalue weighted by Gasteiger charge is -2.39. The molecule has 0 unspecified atom stereocenters. The summed E-state index contributed by atoms with van der Waals surface area (Å²) in [6, 6.07) is 1.71. The van der Waals surface area contributed by atoms with Gasteiger partial charge in [-0.25, -0.2) is 9.37 Å². The molecule has 2 aliphatic rings. The lowest BCUT2D eigenvalue weighted by molar-refractivity contribution is -0.139. The minimum atomic E-state index is -0.299. The maximum atomic E-state index is 14.0. The summed E-state index contributed by atoms with van der Waals surface area (Å²) in [7, 11) is 1.92. The third-order valence-corrected chi connectivity index (χ3v) is 5.34. The Morgan fingerprint density at radius 3 is 2.59 bits per heavy atom. The van der Waals surface area contributed by atoms with E-state index >= 15 is 0 Å². The number of carbonyl (C=O) groups excluding carboxylic acids is 1. The van der Waals surface area contributed by atoms with Gasteiger partial charge < -0.3 is 9.80 Å². The third-order valence-electron chi connectivity index (χ3n) is 4.90. The zero-order chi connectivity index (χ0) is 15.7. The Hall–Kier alpha value is -1.17. The van der Waals surface area contributed by atoms with Crippen LogP contribution in [0.2, 0.25) is 0 Å². The smallest absolute Gasteiger partial charge is 0.225 e. The van der Waals surface area contributed by atoms with Crippen LogP contribution in [0.25, 0.3) is 0 Å². The van der Waals surface area contributed by atoms with Gasteiger partial charge in [-0.1, -0.05) is 6.42 Å². The number of rotatable bonds is 3. The zero-order valence-corrected chi connectivity index (χ0v) is 14.4. The Kier molecular flexibility index (Phi) is 4.66. The molecule has 22 heavy (non-hydrogen) atoms. The van der Waals surface area contributed by atoms with Crippen molar-refractivity contribution in [1.29, 1.82) is 0 Å². The number of piperidine rings is 1. The largest absolute Gasteiger partial charge is 0.354 e. The average Bonchev–Trinajstić information content (AvgIpc) is 2.45. The van der Waals surface area contributed by atoms with Gasteiger partial charge in [0.05, 0.1) is 0 Å². The van der Waals surface area contributed by atoms with Crippen LogP contribution in [0.4, 0.5) is 10.2 Å². The molecule has 2 fully saturated rings. The van der Waals surface area contributed by atoms with E-state index in [9.17, 15) is 9.18 Å². The van der Waals surface area contributed by atoms with Crippen LogP contribution < -0.4 is 4.90 Å². The molecule has 2 heterocycles. The third kappa shape index (κ3) is 3.12. The average molecular weight is 370 g/mol.